The quantitative estimate of drug-likeness (QED) is 0.148. The summed E-state index contributed by atoms with van der Waals surface area (Å²) in [5, 5.41) is 31.1. The van der Waals surface area contributed by atoms with Gasteiger partial charge in [0.1, 0.15) is 0 Å². The van der Waals surface area contributed by atoms with Crippen molar-refractivity contribution < 1.29 is 0 Å². The predicted molar refractivity (Wildman–Crippen MR) is 517 cm³/mol. The Morgan fingerprint density at radius 3 is 0.742 bits per heavy atom. The molecule has 120 heavy (non-hydrogen) atoms. The van der Waals surface area contributed by atoms with Gasteiger partial charge in [0.25, 0.3) is 0 Å². The van der Waals surface area contributed by atoms with E-state index in [9.17, 15) is 0 Å². The van der Waals surface area contributed by atoms with Crippen molar-refractivity contribution in [3.8, 4) is 44.5 Å². The molecule has 0 aliphatic rings. The first-order chi connectivity index (χ1) is 58.1. The van der Waals surface area contributed by atoms with E-state index >= 15 is 0 Å². The molecule has 0 saturated carbocycles. The number of hydrogen-bond acceptors (Lipinski definition) is 0. The number of fused-ring (bicyclic) bond motifs is 28. The van der Waals surface area contributed by atoms with Crippen LogP contribution in [0.1, 0.15) is 94.6 Å². The standard InChI is InChI=1S/C116H86N4/c1-56-20-26-99-75(32-56)92-37-62(7)41-96-80-49-84-87(52-103(80)117(99)114(92)96)109(73-19-17-16-18-65(73)10)83-48-79-95-40-61(6)36-91-76-33-57(2)21-27-100(76)118(113(91)95)104(79)53-88(83)110(84)74-25-24-71(44-66(74)11)47-72-45-69(14)108(70(15)46-72)112-86-51-82-98-43-64(9)39-94-77-34-58(3)22-28-101(77)119(116(94)98)105(82)54-89(86)111(107-67(12)30-60(5)31-68(107)13)85-50-81-97-42-63(8)38-93-78-35-59(4)23-29-102(78)120(115(93)97)106(81)55-90(85)112/h16-46,48-55H,47H2,1-15H3. The summed E-state index contributed by atoms with van der Waals surface area (Å²) in [4.78, 5) is 0. The summed E-state index contributed by atoms with van der Waals surface area (Å²) in [6, 6.07) is 95.1. The first-order valence-corrected chi connectivity index (χ1v) is 43.0. The molecule has 570 valence electrons. The first kappa shape index (κ1) is 68.3. The molecule has 8 heterocycles. The maximum absolute atomic E-state index is 2.63. The van der Waals surface area contributed by atoms with Crippen LogP contribution in [0, 0.1) is 104 Å². The highest BCUT2D eigenvalue weighted by atomic mass is 14.9. The van der Waals surface area contributed by atoms with Gasteiger partial charge in [-0.15, -0.1) is 0 Å². The van der Waals surface area contributed by atoms with Gasteiger partial charge in [0.2, 0.25) is 0 Å². The summed E-state index contributed by atoms with van der Waals surface area (Å²) < 4.78 is 10.4. The molecular formula is C116H86N4. The molecule has 0 saturated heterocycles. The minimum absolute atomic E-state index is 0.775. The zero-order valence-electron chi connectivity index (χ0n) is 70.5. The van der Waals surface area contributed by atoms with Gasteiger partial charge >= 0.3 is 0 Å². The average Bonchev–Trinajstić information content (AvgIpc) is 1.48. The SMILES string of the molecule is Cc1cc(C)c(-c2c3cc4c5cc(C)cc6c7cc(C)ccc7n(c4cc3c(-c3c(C)cc(Cc4ccc(-c7c8cc9c%10cc(C)cc%11c%12cc(C)ccc%12n(c9cc8c(-c8ccccc8C)c8cc9c%12cc(C)cc%13c%14cc(C)ccc%14n(c9cc78)c%13%12)c%11%10)c(C)c4)cc3C)c3cc4c7cc(C)cc8c9cc(C)ccc9n(c4cc23)c87)c65)c(C)c1. The summed E-state index contributed by atoms with van der Waals surface area (Å²) >= 11 is 0. The highest BCUT2D eigenvalue weighted by Gasteiger charge is 2.32. The van der Waals surface area contributed by atoms with Gasteiger partial charge in [0, 0.05) is 86.2 Å². The molecule has 0 unspecified atom stereocenters. The summed E-state index contributed by atoms with van der Waals surface area (Å²) in [7, 11) is 0. The van der Waals surface area contributed by atoms with Crippen molar-refractivity contribution in [1.82, 2.24) is 17.6 Å². The zero-order chi connectivity index (χ0) is 80.8. The van der Waals surface area contributed by atoms with E-state index in [-0.39, 0.29) is 0 Å². The molecule has 0 radical (unpaired) electrons. The van der Waals surface area contributed by atoms with Crippen LogP contribution in [0.2, 0.25) is 0 Å². The fourth-order valence-corrected chi connectivity index (χ4v) is 24.1. The monoisotopic (exact) mass is 1530 g/mol. The van der Waals surface area contributed by atoms with Crippen LogP contribution in [-0.4, -0.2) is 17.6 Å². The minimum Gasteiger partial charge on any atom is -0.308 e. The van der Waals surface area contributed by atoms with E-state index < -0.39 is 0 Å². The molecule has 0 spiro atoms. The number of hydrogen-bond donors (Lipinski definition) is 0. The Balaban J connectivity index is 0.722. The third kappa shape index (κ3) is 8.85. The van der Waals surface area contributed by atoms with Gasteiger partial charge < -0.3 is 17.6 Å². The van der Waals surface area contributed by atoms with E-state index in [4.69, 9.17) is 0 Å². The minimum atomic E-state index is 0.775. The number of rotatable bonds is 6. The van der Waals surface area contributed by atoms with E-state index in [0.717, 1.165) is 6.42 Å². The van der Waals surface area contributed by atoms with Crippen molar-refractivity contribution in [2.75, 3.05) is 0 Å². The number of nitrogens with zero attached hydrogens (tertiary/aromatic N) is 4. The Morgan fingerprint density at radius 2 is 0.417 bits per heavy atom. The lowest BCUT2D eigenvalue weighted by atomic mass is 9.80. The fraction of sp³-hybridized carbons (Fsp3) is 0.138. The molecule has 0 atom stereocenters. The molecular weight excluding hydrogens is 1450 g/mol. The van der Waals surface area contributed by atoms with Crippen LogP contribution in [0.3, 0.4) is 0 Å². The second-order valence-corrected chi connectivity index (χ2v) is 36.9. The second-order valence-electron chi connectivity index (χ2n) is 36.9. The van der Waals surface area contributed by atoms with Gasteiger partial charge in [0.05, 0.1) is 66.2 Å². The van der Waals surface area contributed by atoms with Crippen LogP contribution in [0.25, 0.3) is 240 Å². The molecule has 0 aliphatic carbocycles. The van der Waals surface area contributed by atoms with E-state index in [1.807, 2.05) is 0 Å². The predicted octanol–water partition coefficient (Wildman–Crippen LogP) is 31.8. The Labute approximate surface area is 694 Å². The van der Waals surface area contributed by atoms with Gasteiger partial charge in [-0.2, -0.15) is 0 Å². The van der Waals surface area contributed by atoms with E-state index in [1.165, 1.54) is 335 Å². The molecule has 0 fully saturated rings. The molecule has 4 nitrogen and oxygen atoms in total. The van der Waals surface area contributed by atoms with Crippen molar-refractivity contribution in [3.63, 3.8) is 0 Å². The van der Waals surface area contributed by atoms with Gasteiger partial charge in [-0.05, 0) is 410 Å². The molecule has 0 bridgehead atoms. The van der Waals surface area contributed by atoms with Crippen LogP contribution in [0.5, 0.6) is 0 Å². The molecule has 8 aromatic heterocycles. The molecule has 0 aliphatic heterocycles. The van der Waals surface area contributed by atoms with Crippen molar-refractivity contribution in [2.45, 2.75) is 110 Å². The fourth-order valence-electron chi connectivity index (χ4n) is 24.1. The normalized spacial score (nSPS) is 12.8. The Kier molecular flexibility index (Phi) is 13.3. The highest BCUT2D eigenvalue weighted by molar-refractivity contribution is 6.36. The van der Waals surface area contributed by atoms with Crippen LogP contribution >= 0.6 is 0 Å². The lowest BCUT2D eigenvalue weighted by Crippen LogP contribution is -1.99. The van der Waals surface area contributed by atoms with Crippen LogP contribution < -0.4 is 0 Å². The van der Waals surface area contributed by atoms with Crippen molar-refractivity contribution >= 4 is 195 Å². The van der Waals surface area contributed by atoms with E-state index in [0.29, 0.717) is 0 Å². The summed E-state index contributed by atoms with van der Waals surface area (Å²) in [5.74, 6) is 0. The molecule has 0 N–H and O–H groups in total. The lowest BCUT2D eigenvalue weighted by Gasteiger charge is -2.23. The second kappa shape index (κ2) is 23.3. The van der Waals surface area contributed by atoms with Gasteiger partial charge in [-0.25, -0.2) is 0 Å². The van der Waals surface area contributed by atoms with Gasteiger partial charge in [-0.3, -0.25) is 0 Å². The largest absolute Gasteiger partial charge is 0.308 e. The Morgan fingerprint density at radius 1 is 0.158 bits per heavy atom. The maximum atomic E-state index is 2.63. The third-order valence-electron chi connectivity index (χ3n) is 28.6. The maximum Gasteiger partial charge on any atom is 0.0620 e. The van der Waals surface area contributed by atoms with Crippen molar-refractivity contribution in [2.24, 2.45) is 0 Å². The number of aromatic nitrogens is 4. The molecule has 4 heteroatoms. The van der Waals surface area contributed by atoms with Crippen molar-refractivity contribution in [1.29, 1.82) is 0 Å². The molecule has 0 amide bonds. The van der Waals surface area contributed by atoms with Crippen LogP contribution in [0.4, 0.5) is 0 Å². The summed E-state index contributed by atoms with van der Waals surface area (Å²) in [5.41, 5.74) is 47.3. The van der Waals surface area contributed by atoms with E-state index in [1.54, 1.807) is 0 Å². The highest BCUT2D eigenvalue weighted by Crippen LogP contribution is 2.56. The Bertz CT molecular complexity index is 9230. The molecule has 26 rings (SSSR count). The smallest absolute Gasteiger partial charge is 0.0620 e. The van der Waals surface area contributed by atoms with E-state index in [2.05, 4.69) is 358 Å². The number of aryl methyl sites for hydroxylation is 15. The summed E-state index contributed by atoms with van der Waals surface area (Å²) in [6.45, 7) is 34.5. The molecule has 18 aromatic carbocycles. The van der Waals surface area contributed by atoms with Gasteiger partial charge in [-0.1, -0.05) is 119 Å². The van der Waals surface area contributed by atoms with Crippen molar-refractivity contribution in [3.05, 3.63) is 331 Å². The zero-order valence-corrected chi connectivity index (χ0v) is 70.5. The Hall–Kier alpha value is -13.8. The topological polar surface area (TPSA) is 17.6 Å². The lowest BCUT2D eigenvalue weighted by molar-refractivity contribution is 1.16. The summed E-state index contributed by atoms with van der Waals surface area (Å²) in [6.07, 6.45) is 0.775. The average molecular weight is 1540 g/mol. The third-order valence-corrected chi connectivity index (χ3v) is 28.6. The number of benzene rings is 18. The molecule has 26 aromatic rings. The van der Waals surface area contributed by atoms with Crippen LogP contribution in [-0.2, 0) is 6.42 Å². The van der Waals surface area contributed by atoms with Crippen LogP contribution in [0.15, 0.2) is 237 Å². The first-order valence-electron chi connectivity index (χ1n) is 43.0. The van der Waals surface area contributed by atoms with Gasteiger partial charge in [0.15, 0.2) is 0 Å².